The van der Waals surface area contributed by atoms with Gasteiger partial charge in [0.1, 0.15) is 0 Å². The SMILES string of the molecule is O[Si](O)(O)O.[CH2-]CCN.[K+]. The van der Waals surface area contributed by atoms with E-state index in [1.54, 1.807) is 0 Å². The Bertz CT molecular complexity index is 51.0. The van der Waals surface area contributed by atoms with Crippen molar-refractivity contribution in [3.63, 3.8) is 0 Å². The van der Waals surface area contributed by atoms with E-state index < -0.39 is 9.05 Å². The van der Waals surface area contributed by atoms with Crippen molar-refractivity contribution in [2.75, 3.05) is 6.54 Å². The Morgan fingerprint density at radius 1 is 1.20 bits per heavy atom. The van der Waals surface area contributed by atoms with Crippen LogP contribution in [0.5, 0.6) is 0 Å². The zero-order valence-electron chi connectivity index (χ0n) is 5.99. The fraction of sp³-hybridized carbons (Fsp3) is 0.667. The Morgan fingerprint density at radius 3 is 1.30 bits per heavy atom. The molecule has 0 radical (unpaired) electrons. The van der Waals surface area contributed by atoms with Gasteiger partial charge in [-0.15, -0.1) is 0 Å². The Labute approximate surface area is 104 Å². The minimum atomic E-state index is -4.61. The number of hydrogen-bond acceptors (Lipinski definition) is 5. The molecule has 0 saturated carbocycles. The summed E-state index contributed by atoms with van der Waals surface area (Å²) in [5.41, 5.74) is 4.97. The van der Waals surface area contributed by atoms with Crippen molar-refractivity contribution in [1.82, 2.24) is 0 Å². The Hall–Kier alpha value is 1.65. The van der Waals surface area contributed by atoms with E-state index in [1.165, 1.54) is 0 Å². The van der Waals surface area contributed by atoms with E-state index in [4.69, 9.17) is 24.9 Å². The molecule has 0 fully saturated rings. The summed E-state index contributed by atoms with van der Waals surface area (Å²) in [5, 5.41) is 0. The van der Waals surface area contributed by atoms with Crippen molar-refractivity contribution in [2.24, 2.45) is 5.73 Å². The van der Waals surface area contributed by atoms with Crippen LogP contribution in [0, 0.1) is 6.92 Å². The molecule has 0 spiro atoms. The number of hydrogen-bond donors (Lipinski definition) is 5. The van der Waals surface area contributed by atoms with Crippen molar-refractivity contribution in [1.29, 1.82) is 0 Å². The first-order valence-corrected chi connectivity index (χ1v) is 4.09. The summed E-state index contributed by atoms with van der Waals surface area (Å²) in [6.07, 6.45) is 0.847. The summed E-state index contributed by atoms with van der Waals surface area (Å²) >= 11 is 0. The van der Waals surface area contributed by atoms with Crippen molar-refractivity contribution >= 4 is 9.05 Å². The average molecular weight is 193 g/mol. The van der Waals surface area contributed by atoms with Gasteiger partial charge in [0.2, 0.25) is 0 Å². The summed E-state index contributed by atoms with van der Waals surface area (Å²) in [6, 6.07) is 0. The molecule has 7 heteroatoms. The third kappa shape index (κ3) is 103. The Kier molecular flexibility index (Phi) is 18.8. The summed E-state index contributed by atoms with van der Waals surface area (Å²) in [7, 11) is -4.61. The maximum atomic E-state index is 7.33. The molecule has 0 aliphatic rings. The van der Waals surface area contributed by atoms with Gasteiger partial charge in [0.15, 0.2) is 0 Å². The first kappa shape index (κ1) is 17.7. The number of rotatable bonds is 1. The van der Waals surface area contributed by atoms with Gasteiger partial charge in [-0.3, -0.25) is 0 Å². The van der Waals surface area contributed by atoms with Crippen molar-refractivity contribution in [2.45, 2.75) is 6.42 Å². The molecule has 10 heavy (non-hydrogen) atoms. The molecule has 0 rings (SSSR count). The van der Waals surface area contributed by atoms with E-state index >= 15 is 0 Å². The van der Waals surface area contributed by atoms with E-state index in [1.807, 2.05) is 0 Å². The van der Waals surface area contributed by atoms with Gasteiger partial charge in [-0.1, -0.05) is 0 Å². The first-order valence-electron chi connectivity index (χ1n) is 2.30. The summed E-state index contributed by atoms with van der Waals surface area (Å²) in [6.45, 7) is 4.19. The number of nitrogens with two attached hydrogens (primary N) is 1. The second-order valence-corrected chi connectivity index (χ2v) is 2.44. The zero-order valence-corrected chi connectivity index (χ0v) is 10.1. The van der Waals surface area contributed by atoms with Gasteiger partial charge in [-0.25, -0.2) is 0 Å². The van der Waals surface area contributed by atoms with Crippen LogP contribution in [0.4, 0.5) is 0 Å². The van der Waals surface area contributed by atoms with E-state index in [-0.39, 0.29) is 51.4 Å². The molecule has 0 saturated heterocycles. The maximum absolute atomic E-state index is 7.33. The third-order valence-electron chi connectivity index (χ3n) is 0.204. The van der Waals surface area contributed by atoms with E-state index in [9.17, 15) is 0 Å². The normalized spacial score (nSPS) is 9.00. The molecule has 0 amide bonds. The second kappa shape index (κ2) is 10.7. The third-order valence-corrected chi connectivity index (χ3v) is 0.204. The van der Waals surface area contributed by atoms with Crippen LogP contribution in [0.25, 0.3) is 0 Å². The van der Waals surface area contributed by atoms with Gasteiger partial charge in [0.05, 0.1) is 0 Å². The maximum Gasteiger partial charge on any atom is 1.00 e. The van der Waals surface area contributed by atoms with Crippen LogP contribution in [-0.2, 0) is 0 Å². The largest absolute Gasteiger partial charge is 1.00 e. The monoisotopic (exact) mass is 193 g/mol. The van der Waals surface area contributed by atoms with Crippen LogP contribution in [0.3, 0.4) is 0 Å². The molecular formula is C3H12KNO4Si. The average Bonchev–Trinajstić information content (AvgIpc) is 1.61. The van der Waals surface area contributed by atoms with Crippen LogP contribution in [0.15, 0.2) is 0 Å². The van der Waals surface area contributed by atoms with Gasteiger partial charge < -0.3 is 31.8 Å². The molecule has 5 nitrogen and oxygen atoms in total. The standard InChI is InChI=1S/C3H8N.K.H4O4Si/c1-2-3-4;;1-5(2,3)4/h1-4H2;;1-4H/q-1;+1;. The Balaban J connectivity index is -0.0000000910. The van der Waals surface area contributed by atoms with Gasteiger partial charge >= 0.3 is 60.4 Å². The fourth-order valence-corrected chi connectivity index (χ4v) is 0. The zero-order chi connectivity index (χ0) is 7.91. The van der Waals surface area contributed by atoms with Gasteiger partial charge in [0.25, 0.3) is 0 Å². The molecule has 0 unspecified atom stereocenters. The molecule has 0 aromatic rings. The van der Waals surface area contributed by atoms with E-state index in [0.717, 1.165) is 6.42 Å². The van der Waals surface area contributed by atoms with Crippen molar-refractivity contribution in [3.05, 3.63) is 6.92 Å². The van der Waals surface area contributed by atoms with Crippen LogP contribution in [0.1, 0.15) is 6.42 Å². The molecule has 0 atom stereocenters. The van der Waals surface area contributed by atoms with Crippen LogP contribution in [0.2, 0.25) is 0 Å². The fourth-order valence-electron chi connectivity index (χ4n) is 0. The molecule has 0 heterocycles. The van der Waals surface area contributed by atoms with Crippen LogP contribution < -0.4 is 57.1 Å². The van der Waals surface area contributed by atoms with E-state index in [0.29, 0.717) is 6.54 Å². The van der Waals surface area contributed by atoms with Gasteiger partial charge in [-0.05, 0) is 6.54 Å². The minimum absolute atomic E-state index is 0. The van der Waals surface area contributed by atoms with Gasteiger partial charge in [-0.2, -0.15) is 6.42 Å². The summed E-state index contributed by atoms with van der Waals surface area (Å²) in [5.74, 6) is 0. The van der Waals surface area contributed by atoms with Gasteiger partial charge in [0, 0.05) is 0 Å². The molecule has 58 valence electrons. The van der Waals surface area contributed by atoms with E-state index in [2.05, 4.69) is 6.92 Å². The molecule has 0 bridgehead atoms. The summed E-state index contributed by atoms with van der Waals surface area (Å²) < 4.78 is 0. The molecule has 0 aliphatic heterocycles. The van der Waals surface area contributed by atoms with Crippen molar-refractivity contribution < 1.29 is 70.6 Å². The molecule has 6 N–H and O–H groups in total. The summed E-state index contributed by atoms with van der Waals surface area (Å²) in [4.78, 5) is 29.3. The second-order valence-electron chi connectivity index (χ2n) is 1.24. The van der Waals surface area contributed by atoms with Crippen LogP contribution in [-0.4, -0.2) is 34.8 Å². The quantitative estimate of drug-likeness (QED) is 0.211. The first-order chi connectivity index (χ1) is 3.91. The Morgan fingerprint density at radius 2 is 1.30 bits per heavy atom. The minimum Gasteiger partial charge on any atom is -0.368 e. The molecule has 0 aliphatic carbocycles. The topological polar surface area (TPSA) is 107 Å². The molecule has 0 aromatic carbocycles. The van der Waals surface area contributed by atoms with Crippen molar-refractivity contribution in [3.8, 4) is 0 Å². The molecule has 0 aromatic heterocycles. The molecular weight excluding hydrogens is 181 g/mol. The smallest absolute Gasteiger partial charge is 0.368 e. The predicted molar refractivity (Wildman–Crippen MR) is 33.7 cm³/mol. The van der Waals surface area contributed by atoms with Crippen LogP contribution >= 0.6 is 0 Å². The predicted octanol–water partition coefficient (Wildman–Crippen LogP) is -5.44.